The number of pyridine rings is 1. The summed E-state index contributed by atoms with van der Waals surface area (Å²) in [5.41, 5.74) is 0.246. The Morgan fingerprint density at radius 1 is 1.42 bits per heavy atom. The van der Waals surface area contributed by atoms with Crippen LogP contribution in [-0.4, -0.2) is 28.5 Å². The Morgan fingerprint density at radius 2 is 2.11 bits per heavy atom. The Kier molecular flexibility index (Phi) is 5.03. The molecule has 5 heteroatoms. The summed E-state index contributed by atoms with van der Waals surface area (Å²) in [4.78, 5) is 27.4. The molecule has 0 aliphatic heterocycles. The molecule has 19 heavy (non-hydrogen) atoms. The number of carbonyl (C=O) groups excluding carboxylic acids is 2. The molecule has 1 rings (SSSR count). The second-order valence-electron chi connectivity index (χ2n) is 5.36. The maximum Gasteiger partial charge on any atom is 0.328 e. The molecular weight excluding hydrogens is 244 g/mol. The number of aromatic nitrogens is 1. The van der Waals surface area contributed by atoms with Crippen molar-refractivity contribution in [3.05, 3.63) is 30.1 Å². The van der Waals surface area contributed by atoms with Gasteiger partial charge in [0.1, 0.15) is 11.6 Å². The molecule has 0 fully saturated rings. The van der Waals surface area contributed by atoms with E-state index < -0.39 is 17.6 Å². The Hall–Kier alpha value is -1.91. The smallest absolute Gasteiger partial charge is 0.328 e. The fourth-order valence-corrected chi connectivity index (χ4v) is 1.43. The third-order valence-electron chi connectivity index (χ3n) is 2.23. The van der Waals surface area contributed by atoms with Crippen LogP contribution in [0, 0.1) is 0 Å². The van der Waals surface area contributed by atoms with Crippen molar-refractivity contribution in [3.8, 4) is 0 Å². The lowest BCUT2D eigenvalue weighted by Gasteiger charge is -2.22. The predicted octanol–water partition coefficient (Wildman–Crippen LogP) is 1.47. The molecule has 0 aliphatic carbocycles. The number of hydrogen-bond acceptors (Lipinski definition) is 4. The number of rotatable bonds is 4. The second-order valence-corrected chi connectivity index (χ2v) is 5.36. The van der Waals surface area contributed by atoms with Crippen molar-refractivity contribution < 1.29 is 14.3 Å². The summed E-state index contributed by atoms with van der Waals surface area (Å²) in [5, 5.41) is 2.61. The molecule has 1 atom stereocenters. The third-order valence-corrected chi connectivity index (χ3v) is 2.23. The van der Waals surface area contributed by atoms with Crippen LogP contribution in [0.5, 0.6) is 0 Å². The van der Waals surface area contributed by atoms with E-state index in [4.69, 9.17) is 4.74 Å². The summed E-state index contributed by atoms with van der Waals surface area (Å²) in [5.74, 6) is -0.668. The van der Waals surface area contributed by atoms with E-state index in [0.29, 0.717) is 0 Å². The lowest BCUT2D eigenvalue weighted by atomic mass is 10.2. The summed E-state index contributed by atoms with van der Waals surface area (Å²) >= 11 is 0. The van der Waals surface area contributed by atoms with Gasteiger partial charge in [-0.1, -0.05) is 6.07 Å². The van der Waals surface area contributed by atoms with Crippen LogP contribution in [0.25, 0.3) is 0 Å². The predicted molar refractivity (Wildman–Crippen MR) is 71.4 cm³/mol. The van der Waals surface area contributed by atoms with Gasteiger partial charge in [0.25, 0.3) is 0 Å². The highest BCUT2D eigenvalue weighted by atomic mass is 16.6. The van der Waals surface area contributed by atoms with E-state index >= 15 is 0 Å². The molecule has 0 unspecified atom stereocenters. The van der Waals surface area contributed by atoms with Crippen molar-refractivity contribution in [1.29, 1.82) is 0 Å². The van der Waals surface area contributed by atoms with Crippen molar-refractivity contribution in [2.75, 3.05) is 0 Å². The van der Waals surface area contributed by atoms with Gasteiger partial charge in [-0.3, -0.25) is 9.78 Å². The Labute approximate surface area is 113 Å². The van der Waals surface area contributed by atoms with E-state index in [2.05, 4.69) is 10.3 Å². The highest BCUT2D eigenvalue weighted by Crippen LogP contribution is 2.08. The van der Waals surface area contributed by atoms with Gasteiger partial charge < -0.3 is 10.1 Å². The molecule has 1 aromatic rings. The Balaban J connectivity index is 2.46. The molecule has 1 aromatic heterocycles. The molecule has 1 heterocycles. The molecular formula is C14H20N2O3. The van der Waals surface area contributed by atoms with Gasteiger partial charge in [0.2, 0.25) is 5.91 Å². The average molecular weight is 264 g/mol. The van der Waals surface area contributed by atoms with Crippen molar-refractivity contribution in [1.82, 2.24) is 10.3 Å². The molecule has 0 spiro atoms. The summed E-state index contributed by atoms with van der Waals surface area (Å²) in [6.45, 7) is 6.97. The van der Waals surface area contributed by atoms with Gasteiger partial charge in [-0.05, 0) is 39.3 Å². The van der Waals surface area contributed by atoms with Crippen molar-refractivity contribution >= 4 is 11.9 Å². The molecule has 1 amide bonds. The quantitative estimate of drug-likeness (QED) is 0.836. The molecule has 5 nitrogen and oxygen atoms in total. The Bertz CT molecular complexity index is 438. The monoisotopic (exact) mass is 264 g/mol. The van der Waals surface area contributed by atoms with Gasteiger partial charge in [0.05, 0.1) is 6.42 Å². The van der Waals surface area contributed by atoms with Crippen LogP contribution >= 0.6 is 0 Å². The highest BCUT2D eigenvalue weighted by Gasteiger charge is 2.22. The molecule has 0 saturated carbocycles. The van der Waals surface area contributed by atoms with E-state index in [1.807, 2.05) is 6.07 Å². The van der Waals surface area contributed by atoms with Crippen molar-refractivity contribution in [2.24, 2.45) is 0 Å². The highest BCUT2D eigenvalue weighted by molar-refractivity contribution is 5.85. The number of carbonyl (C=O) groups is 2. The van der Waals surface area contributed by atoms with Gasteiger partial charge in [0, 0.05) is 12.4 Å². The molecule has 0 bridgehead atoms. The minimum atomic E-state index is -0.664. The number of amides is 1. The maximum atomic E-state index is 11.7. The third kappa shape index (κ3) is 5.99. The minimum Gasteiger partial charge on any atom is -0.458 e. The molecule has 1 N–H and O–H groups in total. The van der Waals surface area contributed by atoms with Gasteiger partial charge in [0.15, 0.2) is 0 Å². The van der Waals surface area contributed by atoms with Crippen LogP contribution in [0.1, 0.15) is 33.3 Å². The zero-order valence-corrected chi connectivity index (χ0v) is 11.8. The van der Waals surface area contributed by atoms with E-state index in [1.165, 1.54) is 0 Å². The largest absolute Gasteiger partial charge is 0.458 e. The zero-order valence-electron chi connectivity index (χ0n) is 11.8. The summed E-state index contributed by atoms with van der Waals surface area (Å²) < 4.78 is 5.18. The summed E-state index contributed by atoms with van der Waals surface area (Å²) in [7, 11) is 0. The fourth-order valence-electron chi connectivity index (χ4n) is 1.43. The van der Waals surface area contributed by atoms with E-state index in [1.54, 1.807) is 46.2 Å². The van der Waals surface area contributed by atoms with E-state index in [0.717, 1.165) is 5.56 Å². The first kappa shape index (κ1) is 15.1. The standard InChI is InChI=1S/C14H20N2O3/c1-10(13(18)19-14(2,3)4)16-12(17)8-11-6-5-7-15-9-11/h5-7,9-10H,8H2,1-4H3,(H,16,17)/t10-/m1/s1. The maximum absolute atomic E-state index is 11.7. The number of ether oxygens (including phenoxy) is 1. The van der Waals surface area contributed by atoms with Crippen LogP contribution in [-0.2, 0) is 20.7 Å². The number of hydrogen-bond donors (Lipinski definition) is 1. The summed E-state index contributed by atoms with van der Waals surface area (Å²) in [6.07, 6.45) is 3.46. The fraction of sp³-hybridized carbons (Fsp3) is 0.500. The topological polar surface area (TPSA) is 68.3 Å². The number of nitrogens with one attached hydrogen (secondary N) is 1. The first-order valence-corrected chi connectivity index (χ1v) is 6.19. The van der Waals surface area contributed by atoms with Crippen LogP contribution in [0.15, 0.2) is 24.5 Å². The van der Waals surface area contributed by atoms with E-state index in [9.17, 15) is 9.59 Å². The number of esters is 1. The number of nitrogens with zero attached hydrogens (tertiary/aromatic N) is 1. The molecule has 0 aromatic carbocycles. The van der Waals surface area contributed by atoms with Gasteiger partial charge in [-0.2, -0.15) is 0 Å². The molecule has 104 valence electrons. The molecule has 0 radical (unpaired) electrons. The first-order valence-electron chi connectivity index (χ1n) is 6.19. The Morgan fingerprint density at radius 3 is 2.63 bits per heavy atom. The lowest BCUT2D eigenvalue weighted by Crippen LogP contribution is -2.42. The van der Waals surface area contributed by atoms with Gasteiger partial charge in [-0.25, -0.2) is 4.79 Å². The van der Waals surface area contributed by atoms with Crippen LogP contribution in [0.4, 0.5) is 0 Å². The van der Waals surface area contributed by atoms with Crippen LogP contribution in [0.3, 0.4) is 0 Å². The second kappa shape index (κ2) is 6.31. The zero-order chi connectivity index (χ0) is 14.5. The SMILES string of the molecule is C[C@@H](NC(=O)Cc1cccnc1)C(=O)OC(C)(C)C. The minimum absolute atomic E-state index is 0.195. The van der Waals surface area contributed by atoms with Crippen LogP contribution < -0.4 is 5.32 Å². The van der Waals surface area contributed by atoms with Crippen LogP contribution in [0.2, 0.25) is 0 Å². The molecule has 0 saturated heterocycles. The van der Waals surface area contributed by atoms with E-state index in [-0.39, 0.29) is 12.3 Å². The van der Waals surface area contributed by atoms with Gasteiger partial charge in [-0.15, -0.1) is 0 Å². The van der Waals surface area contributed by atoms with Crippen molar-refractivity contribution in [3.63, 3.8) is 0 Å². The normalized spacial score (nSPS) is 12.6. The lowest BCUT2D eigenvalue weighted by molar-refractivity contribution is -0.158. The van der Waals surface area contributed by atoms with Crippen molar-refractivity contribution in [2.45, 2.75) is 45.8 Å². The first-order chi connectivity index (χ1) is 8.78. The average Bonchev–Trinajstić information content (AvgIpc) is 2.27. The molecule has 0 aliphatic rings. The van der Waals surface area contributed by atoms with Gasteiger partial charge >= 0.3 is 5.97 Å². The summed E-state index contributed by atoms with van der Waals surface area (Å²) in [6, 6.07) is 2.91.